The molecule has 1 heterocycles. The van der Waals surface area contributed by atoms with E-state index in [-0.39, 0.29) is 30.0 Å². The van der Waals surface area contributed by atoms with Crippen LogP contribution in [0.1, 0.15) is 32.3 Å². The molecular formula is C19H21BrN2O6. The van der Waals surface area contributed by atoms with Crippen LogP contribution in [0.15, 0.2) is 46.8 Å². The molecule has 2 rings (SSSR count). The average molecular weight is 453 g/mol. The Balaban J connectivity index is 2.73. The number of carbonyl (C=O) groups excluding carboxylic acids is 2. The normalized spacial score (nSPS) is 16.5. The summed E-state index contributed by atoms with van der Waals surface area (Å²) in [5.74, 6) is -2.05. The number of non-ortho nitro benzene ring substituents is 1. The van der Waals surface area contributed by atoms with Gasteiger partial charge in [-0.05, 0) is 26.3 Å². The number of halogens is 1. The number of dihydropyridines is 1. The Bertz CT molecular complexity index is 862. The fraction of sp³-hybridized carbons (Fsp3) is 0.368. The number of nitro benzene ring substituents is 1. The van der Waals surface area contributed by atoms with Gasteiger partial charge in [0.2, 0.25) is 0 Å². The first-order chi connectivity index (χ1) is 13.3. The Morgan fingerprint density at radius 1 is 1.18 bits per heavy atom. The quantitative estimate of drug-likeness (QED) is 0.292. The number of carbonyl (C=O) groups is 2. The number of benzene rings is 1. The van der Waals surface area contributed by atoms with Crippen LogP contribution in [0.4, 0.5) is 5.69 Å². The molecule has 1 aromatic rings. The zero-order valence-corrected chi connectivity index (χ0v) is 17.4. The smallest absolute Gasteiger partial charge is 0.336 e. The second-order valence-corrected chi connectivity index (χ2v) is 6.48. The zero-order valence-electron chi connectivity index (χ0n) is 15.8. The largest absolute Gasteiger partial charge is 0.463 e. The summed E-state index contributed by atoms with van der Waals surface area (Å²) in [6, 6.07) is 5.86. The van der Waals surface area contributed by atoms with Gasteiger partial charge in [-0.15, -0.1) is 0 Å². The van der Waals surface area contributed by atoms with E-state index in [9.17, 15) is 19.7 Å². The summed E-state index contributed by atoms with van der Waals surface area (Å²) in [4.78, 5) is 36.2. The monoisotopic (exact) mass is 452 g/mol. The minimum absolute atomic E-state index is 0.138. The summed E-state index contributed by atoms with van der Waals surface area (Å²) in [5, 5.41) is 14.6. The second-order valence-electron chi connectivity index (χ2n) is 5.92. The second kappa shape index (κ2) is 9.50. The molecule has 0 spiro atoms. The van der Waals surface area contributed by atoms with Crippen LogP contribution in [-0.4, -0.2) is 35.4 Å². The highest BCUT2D eigenvalue weighted by Crippen LogP contribution is 2.40. The highest BCUT2D eigenvalue weighted by molar-refractivity contribution is 9.09. The third-order valence-electron chi connectivity index (χ3n) is 4.18. The molecule has 0 radical (unpaired) electrons. The third-order valence-corrected chi connectivity index (χ3v) is 4.74. The topological polar surface area (TPSA) is 108 Å². The van der Waals surface area contributed by atoms with Crippen molar-refractivity contribution in [2.75, 3.05) is 18.5 Å². The van der Waals surface area contributed by atoms with Gasteiger partial charge in [0.25, 0.3) is 5.69 Å². The van der Waals surface area contributed by atoms with Crippen molar-refractivity contribution in [1.29, 1.82) is 0 Å². The Kier molecular flexibility index (Phi) is 7.33. The molecule has 0 aromatic heterocycles. The number of ether oxygens (including phenoxy) is 2. The van der Waals surface area contributed by atoms with Crippen molar-refractivity contribution in [3.63, 3.8) is 0 Å². The molecule has 1 N–H and O–H groups in total. The fourth-order valence-corrected chi connectivity index (χ4v) is 3.52. The number of nitrogens with one attached hydrogen (secondary N) is 1. The molecule has 28 heavy (non-hydrogen) atoms. The molecule has 8 nitrogen and oxygen atoms in total. The molecule has 0 aliphatic carbocycles. The van der Waals surface area contributed by atoms with Gasteiger partial charge in [0, 0.05) is 28.9 Å². The van der Waals surface area contributed by atoms with Gasteiger partial charge in [-0.25, -0.2) is 9.59 Å². The predicted molar refractivity (Wildman–Crippen MR) is 106 cm³/mol. The summed E-state index contributed by atoms with van der Waals surface area (Å²) in [7, 11) is 0. The highest BCUT2D eigenvalue weighted by atomic mass is 79.9. The first-order valence-electron chi connectivity index (χ1n) is 8.71. The highest BCUT2D eigenvalue weighted by Gasteiger charge is 2.39. The van der Waals surface area contributed by atoms with E-state index in [1.807, 2.05) is 0 Å². The lowest BCUT2D eigenvalue weighted by molar-refractivity contribution is -0.384. The van der Waals surface area contributed by atoms with Crippen LogP contribution in [0, 0.1) is 10.1 Å². The van der Waals surface area contributed by atoms with Crippen LogP contribution >= 0.6 is 15.9 Å². The van der Waals surface area contributed by atoms with Gasteiger partial charge in [-0.1, -0.05) is 28.1 Å². The Morgan fingerprint density at radius 2 is 1.79 bits per heavy atom. The maximum absolute atomic E-state index is 12.8. The van der Waals surface area contributed by atoms with Crippen LogP contribution in [-0.2, 0) is 19.1 Å². The number of allylic oxidation sites excluding steroid dienone is 2. The minimum atomic E-state index is -0.855. The van der Waals surface area contributed by atoms with Crippen LogP contribution in [0.25, 0.3) is 0 Å². The van der Waals surface area contributed by atoms with Crippen molar-refractivity contribution < 1.29 is 24.0 Å². The molecule has 0 fully saturated rings. The van der Waals surface area contributed by atoms with Gasteiger partial charge < -0.3 is 14.8 Å². The van der Waals surface area contributed by atoms with Gasteiger partial charge in [0.1, 0.15) is 0 Å². The van der Waals surface area contributed by atoms with Crippen molar-refractivity contribution in [1.82, 2.24) is 5.32 Å². The maximum Gasteiger partial charge on any atom is 0.336 e. The maximum atomic E-state index is 12.8. The Hall–Kier alpha value is -2.68. The number of hydrogen-bond acceptors (Lipinski definition) is 7. The zero-order chi connectivity index (χ0) is 20.8. The Morgan fingerprint density at radius 3 is 2.32 bits per heavy atom. The van der Waals surface area contributed by atoms with Crippen molar-refractivity contribution in [3.05, 3.63) is 62.5 Å². The molecule has 1 aromatic carbocycles. The van der Waals surface area contributed by atoms with Crippen molar-refractivity contribution in [3.8, 4) is 0 Å². The van der Waals surface area contributed by atoms with Crippen molar-refractivity contribution in [2.45, 2.75) is 26.7 Å². The lowest BCUT2D eigenvalue weighted by atomic mass is 9.80. The molecular weight excluding hydrogens is 432 g/mol. The SMILES string of the molecule is CCOC(=O)C1=C(C)NC(CBr)=C(C(=O)OCC)C1c1cccc([N+](=O)[O-])c1. The number of hydrogen-bond donors (Lipinski definition) is 1. The minimum Gasteiger partial charge on any atom is -0.463 e. The molecule has 1 atom stereocenters. The number of rotatable bonds is 7. The molecule has 0 saturated carbocycles. The van der Waals surface area contributed by atoms with E-state index in [0.29, 0.717) is 22.3 Å². The van der Waals surface area contributed by atoms with Crippen LogP contribution < -0.4 is 5.32 Å². The number of esters is 2. The van der Waals surface area contributed by atoms with E-state index in [0.717, 1.165) is 0 Å². The molecule has 1 aliphatic rings. The Labute approximate surface area is 170 Å². The lowest BCUT2D eigenvalue weighted by Gasteiger charge is -2.31. The molecule has 1 unspecified atom stereocenters. The fourth-order valence-electron chi connectivity index (χ4n) is 3.08. The third kappa shape index (κ3) is 4.41. The van der Waals surface area contributed by atoms with E-state index in [4.69, 9.17) is 9.47 Å². The van der Waals surface area contributed by atoms with Crippen LogP contribution in [0.2, 0.25) is 0 Å². The summed E-state index contributed by atoms with van der Waals surface area (Å²) >= 11 is 3.35. The summed E-state index contributed by atoms with van der Waals surface area (Å²) in [5.41, 5.74) is 1.76. The van der Waals surface area contributed by atoms with Gasteiger partial charge in [0.15, 0.2) is 0 Å². The molecule has 1 aliphatic heterocycles. The van der Waals surface area contributed by atoms with Gasteiger partial charge in [-0.3, -0.25) is 10.1 Å². The standard InChI is InChI=1S/C19H21BrN2O6/c1-4-27-18(23)15-11(3)21-14(10-20)17(19(24)28-5-2)16(15)12-7-6-8-13(9-12)22(25)26/h6-9,16,21H,4-5,10H2,1-3H3. The van der Waals surface area contributed by atoms with Crippen molar-refractivity contribution >= 4 is 33.6 Å². The number of alkyl halides is 1. The average Bonchev–Trinajstić information content (AvgIpc) is 2.67. The van der Waals surface area contributed by atoms with E-state index in [1.54, 1.807) is 26.8 Å². The number of nitro groups is 1. The molecule has 0 bridgehead atoms. The summed E-state index contributed by atoms with van der Waals surface area (Å²) < 4.78 is 10.4. The number of nitrogens with zero attached hydrogens (tertiary/aromatic N) is 1. The molecule has 150 valence electrons. The first kappa shape index (κ1) is 21.6. The molecule has 9 heteroatoms. The van der Waals surface area contributed by atoms with Gasteiger partial charge >= 0.3 is 11.9 Å². The van der Waals surface area contributed by atoms with Crippen LogP contribution in [0.5, 0.6) is 0 Å². The summed E-state index contributed by atoms with van der Waals surface area (Å²) in [6.45, 7) is 5.36. The van der Waals surface area contributed by atoms with Gasteiger partial charge in [-0.2, -0.15) is 0 Å². The van der Waals surface area contributed by atoms with E-state index in [1.165, 1.54) is 18.2 Å². The van der Waals surface area contributed by atoms with Crippen LogP contribution in [0.3, 0.4) is 0 Å². The van der Waals surface area contributed by atoms with Gasteiger partial charge in [0.05, 0.1) is 35.2 Å². The van der Waals surface area contributed by atoms with E-state index < -0.39 is 22.8 Å². The van der Waals surface area contributed by atoms with E-state index in [2.05, 4.69) is 21.2 Å². The first-order valence-corrected chi connectivity index (χ1v) is 9.83. The predicted octanol–water partition coefficient (Wildman–Crippen LogP) is 3.33. The lowest BCUT2D eigenvalue weighted by Crippen LogP contribution is -2.34. The summed E-state index contributed by atoms with van der Waals surface area (Å²) in [6.07, 6.45) is 0. The van der Waals surface area contributed by atoms with E-state index >= 15 is 0 Å². The molecule has 0 amide bonds. The van der Waals surface area contributed by atoms with Crippen molar-refractivity contribution in [2.24, 2.45) is 0 Å². The molecule has 0 saturated heterocycles.